The van der Waals surface area contributed by atoms with Crippen molar-refractivity contribution in [3.8, 4) is 113 Å². The highest BCUT2D eigenvalue weighted by Crippen LogP contribution is 2.35. The monoisotopic (exact) mass is 848 g/mol. The summed E-state index contributed by atoms with van der Waals surface area (Å²) in [6.07, 6.45) is 14.7. The van der Waals surface area contributed by atoms with E-state index in [1.54, 1.807) is 18.6 Å². The van der Waals surface area contributed by atoms with Gasteiger partial charge >= 0.3 is 0 Å². The van der Waals surface area contributed by atoms with Gasteiger partial charge in [-0.15, -0.1) is 0 Å². The van der Waals surface area contributed by atoms with Gasteiger partial charge in [0.1, 0.15) is 0 Å². The molecule has 0 aliphatic carbocycles. The number of hydrogen-bond acceptors (Lipinski definition) is 10. The molecular formula is C56H36N10. The minimum atomic E-state index is 0.754. The van der Waals surface area contributed by atoms with Crippen molar-refractivity contribution in [1.29, 1.82) is 0 Å². The van der Waals surface area contributed by atoms with Gasteiger partial charge in [-0.3, -0.25) is 39.9 Å². The molecule has 11 rings (SSSR count). The van der Waals surface area contributed by atoms with Crippen molar-refractivity contribution in [1.82, 2.24) is 49.8 Å². The highest BCUT2D eigenvalue weighted by molar-refractivity contribution is 5.82. The molecule has 0 aliphatic heterocycles. The summed E-state index contributed by atoms with van der Waals surface area (Å²) < 4.78 is 0. The zero-order valence-electron chi connectivity index (χ0n) is 35.3. The first kappa shape index (κ1) is 39.6. The van der Waals surface area contributed by atoms with E-state index in [0.29, 0.717) is 0 Å². The predicted octanol–water partition coefficient (Wildman–Crippen LogP) is 12.3. The van der Waals surface area contributed by atoms with E-state index in [2.05, 4.69) is 51.4 Å². The van der Waals surface area contributed by atoms with Crippen LogP contribution in [-0.4, -0.2) is 49.8 Å². The third kappa shape index (κ3) is 8.45. The van der Waals surface area contributed by atoms with Gasteiger partial charge in [0, 0.05) is 77.4 Å². The Balaban J connectivity index is 0.890. The average molecular weight is 849 g/mol. The minimum absolute atomic E-state index is 0.754. The molecule has 11 aromatic rings. The second-order valence-electron chi connectivity index (χ2n) is 15.4. The van der Waals surface area contributed by atoms with Crippen LogP contribution in [0.2, 0.25) is 0 Å². The Kier molecular flexibility index (Phi) is 10.7. The van der Waals surface area contributed by atoms with Gasteiger partial charge in [-0.25, -0.2) is 9.97 Å². The van der Waals surface area contributed by atoms with Crippen LogP contribution in [0.25, 0.3) is 113 Å². The zero-order valence-corrected chi connectivity index (χ0v) is 35.3. The molecule has 0 bridgehead atoms. The molecular weight excluding hydrogens is 813 g/mol. The molecule has 10 aromatic heterocycles. The summed E-state index contributed by atoms with van der Waals surface area (Å²) in [7, 11) is 0. The van der Waals surface area contributed by atoms with Crippen LogP contribution >= 0.6 is 0 Å². The van der Waals surface area contributed by atoms with Crippen LogP contribution in [-0.2, 0) is 0 Å². The first-order chi connectivity index (χ1) is 32.7. The van der Waals surface area contributed by atoms with Crippen molar-refractivity contribution >= 4 is 0 Å². The molecule has 0 radical (unpaired) electrons. The zero-order chi connectivity index (χ0) is 44.1. The van der Waals surface area contributed by atoms with Crippen molar-refractivity contribution in [2.75, 3.05) is 0 Å². The Morgan fingerprint density at radius 1 is 0.182 bits per heavy atom. The van der Waals surface area contributed by atoms with Gasteiger partial charge in [0.05, 0.1) is 68.3 Å². The number of benzene rings is 1. The Morgan fingerprint density at radius 3 is 0.742 bits per heavy atom. The Bertz CT molecular complexity index is 3220. The maximum atomic E-state index is 4.95. The largest absolute Gasteiger partial charge is 0.256 e. The smallest absolute Gasteiger partial charge is 0.0894 e. The fourth-order valence-electron chi connectivity index (χ4n) is 7.69. The lowest BCUT2D eigenvalue weighted by Gasteiger charge is -2.12. The molecule has 0 saturated heterocycles. The number of rotatable bonds is 10. The Morgan fingerprint density at radius 2 is 0.455 bits per heavy atom. The van der Waals surface area contributed by atoms with E-state index in [1.807, 2.05) is 164 Å². The lowest BCUT2D eigenvalue weighted by atomic mass is 9.94. The van der Waals surface area contributed by atoms with Gasteiger partial charge in [0.15, 0.2) is 0 Å². The van der Waals surface area contributed by atoms with Crippen molar-refractivity contribution in [3.63, 3.8) is 0 Å². The van der Waals surface area contributed by atoms with E-state index in [4.69, 9.17) is 34.9 Å². The first-order valence-electron chi connectivity index (χ1n) is 21.3. The van der Waals surface area contributed by atoms with E-state index in [0.717, 1.165) is 113 Å². The molecule has 0 aliphatic rings. The van der Waals surface area contributed by atoms with Crippen molar-refractivity contribution in [2.24, 2.45) is 0 Å². The number of pyridine rings is 10. The molecule has 0 fully saturated rings. The summed E-state index contributed by atoms with van der Waals surface area (Å²) in [5.74, 6) is 0. The van der Waals surface area contributed by atoms with Gasteiger partial charge in [-0.05, 0) is 138 Å². The van der Waals surface area contributed by atoms with Crippen molar-refractivity contribution in [2.45, 2.75) is 0 Å². The number of nitrogens with zero attached hydrogens (tertiary/aromatic N) is 10. The maximum Gasteiger partial charge on any atom is 0.0894 e. The molecule has 0 saturated carbocycles. The third-order valence-electron chi connectivity index (χ3n) is 11.1. The van der Waals surface area contributed by atoms with Crippen LogP contribution in [0.15, 0.2) is 219 Å². The van der Waals surface area contributed by atoms with E-state index in [-0.39, 0.29) is 0 Å². The summed E-state index contributed by atoms with van der Waals surface area (Å²) in [4.78, 5) is 47.3. The quantitative estimate of drug-likeness (QED) is 0.131. The lowest BCUT2D eigenvalue weighted by molar-refractivity contribution is 1.21. The van der Waals surface area contributed by atoms with Crippen LogP contribution in [0, 0.1) is 0 Å². The van der Waals surface area contributed by atoms with Gasteiger partial charge in [0.2, 0.25) is 0 Å². The normalized spacial score (nSPS) is 11.0. The van der Waals surface area contributed by atoms with Crippen LogP contribution in [0.5, 0.6) is 0 Å². The van der Waals surface area contributed by atoms with Crippen molar-refractivity contribution in [3.05, 3.63) is 219 Å². The first-order valence-corrected chi connectivity index (χ1v) is 21.3. The molecule has 66 heavy (non-hydrogen) atoms. The van der Waals surface area contributed by atoms with E-state index < -0.39 is 0 Å². The van der Waals surface area contributed by atoms with Crippen LogP contribution in [0.1, 0.15) is 0 Å². The molecule has 0 atom stereocenters. The van der Waals surface area contributed by atoms with E-state index >= 15 is 0 Å². The number of hydrogen-bond donors (Lipinski definition) is 0. The second-order valence-corrected chi connectivity index (χ2v) is 15.4. The topological polar surface area (TPSA) is 129 Å². The second kappa shape index (κ2) is 17.8. The summed E-state index contributed by atoms with van der Waals surface area (Å²) >= 11 is 0. The molecule has 0 unspecified atom stereocenters. The number of aromatic nitrogens is 10. The summed E-state index contributed by atoms with van der Waals surface area (Å²) in [5, 5.41) is 0. The Hall–Kier alpha value is -9.28. The fraction of sp³-hybridized carbons (Fsp3) is 0. The SMILES string of the molecule is c1ccc(-c2ccc(-c3cccc(-c4ccc(-c5cc(-c6ccc(-c7ccccn7)nc6)cc(-c6ccc(-c7cccc(-c8ccc(-c9ccccn9)cn8)n7)nc6)c5)cn4)n3)nc2)nc1. The summed E-state index contributed by atoms with van der Waals surface area (Å²) in [5.41, 5.74) is 17.2. The summed E-state index contributed by atoms with van der Waals surface area (Å²) in [6, 6.07) is 56.1. The maximum absolute atomic E-state index is 4.95. The molecule has 0 amide bonds. The summed E-state index contributed by atoms with van der Waals surface area (Å²) in [6.45, 7) is 0. The molecule has 310 valence electrons. The highest BCUT2D eigenvalue weighted by atomic mass is 14.8. The highest BCUT2D eigenvalue weighted by Gasteiger charge is 2.13. The molecule has 10 heteroatoms. The molecule has 0 N–H and O–H groups in total. The molecule has 1 aromatic carbocycles. The van der Waals surface area contributed by atoms with Crippen LogP contribution in [0.3, 0.4) is 0 Å². The van der Waals surface area contributed by atoms with Crippen LogP contribution in [0.4, 0.5) is 0 Å². The van der Waals surface area contributed by atoms with Gasteiger partial charge in [0.25, 0.3) is 0 Å². The van der Waals surface area contributed by atoms with E-state index in [1.165, 1.54) is 0 Å². The van der Waals surface area contributed by atoms with Gasteiger partial charge in [-0.1, -0.05) is 48.5 Å². The van der Waals surface area contributed by atoms with Gasteiger partial charge in [-0.2, -0.15) is 0 Å². The predicted molar refractivity (Wildman–Crippen MR) is 259 cm³/mol. The Labute approximate surface area is 380 Å². The van der Waals surface area contributed by atoms with Crippen molar-refractivity contribution < 1.29 is 0 Å². The third-order valence-corrected chi connectivity index (χ3v) is 11.1. The molecule has 0 spiro atoms. The standard InChI is InChI=1S/C56H36N10/c1-4-26-57-45(9-1)40-19-24-51(63-35-40)55-14-7-12-53(65-55)49-22-17-38(33-61-49)43-29-42(37-16-21-48(60-32-37)47-11-3-6-28-59-47)30-44(31-43)39-18-23-50(62-34-39)54-13-8-15-56(66-54)52-25-20-41(36-64-52)46-10-2-5-27-58-46/h1-36H. The van der Waals surface area contributed by atoms with Crippen LogP contribution < -0.4 is 0 Å². The minimum Gasteiger partial charge on any atom is -0.256 e. The van der Waals surface area contributed by atoms with Gasteiger partial charge < -0.3 is 0 Å². The average Bonchev–Trinajstić information content (AvgIpc) is 3.42. The lowest BCUT2D eigenvalue weighted by Crippen LogP contribution is -1.94. The van der Waals surface area contributed by atoms with E-state index in [9.17, 15) is 0 Å². The fourth-order valence-corrected chi connectivity index (χ4v) is 7.69. The molecule has 10 heterocycles. The molecule has 10 nitrogen and oxygen atoms in total.